The number of para-hydroxylation sites is 1. The molecule has 0 aliphatic rings. The number of aromatic nitrogens is 1. The SMILES string of the molecule is COc1ccc(CNCCc2c(C)[nH]c3ccccc23)cc1OC(F)F. The molecule has 3 aromatic rings. The largest absolute Gasteiger partial charge is 0.493 e. The summed E-state index contributed by atoms with van der Waals surface area (Å²) in [5.74, 6) is 0.345. The minimum Gasteiger partial charge on any atom is -0.493 e. The highest BCUT2D eigenvalue weighted by Crippen LogP contribution is 2.29. The van der Waals surface area contributed by atoms with Crippen LogP contribution < -0.4 is 14.8 Å². The molecule has 6 heteroatoms. The number of H-pyrrole nitrogens is 1. The van der Waals surface area contributed by atoms with E-state index in [1.54, 1.807) is 12.1 Å². The van der Waals surface area contributed by atoms with Crippen LogP contribution in [0.4, 0.5) is 8.78 Å². The van der Waals surface area contributed by atoms with Gasteiger partial charge in [0.1, 0.15) is 0 Å². The van der Waals surface area contributed by atoms with E-state index in [2.05, 4.69) is 34.1 Å². The number of methoxy groups -OCH3 is 1. The molecule has 0 saturated carbocycles. The van der Waals surface area contributed by atoms with Crippen molar-refractivity contribution >= 4 is 10.9 Å². The van der Waals surface area contributed by atoms with Crippen molar-refractivity contribution in [3.8, 4) is 11.5 Å². The van der Waals surface area contributed by atoms with Crippen LogP contribution in [-0.2, 0) is 13.0 Å². The Kier molecular flexibility index (Phi) is 5.73. The minimum atomic E-state index is -2.88. The van der Waals surface area contributed by atoms with Crippen LogP contribution >= 0.6 is 0 Å². The first kappa shape index (κ1) is 18.2. The quantitative estimate of drug-likeness (QED) is 0.585. The highest BCUT2D eigenvalue weighted by atomic mass is 19.3. The van der Waals surface area contributed by atoms with Gasteiger partial charge in [-0.3, -0.25) is 0 Å². The normalized spacial score (nSPS) is 11.3. The Morgan fingerprint density at radius 1 is 1.12 bits per heavy atom. The molecule has 0 fully saturated rings. The molecule has 0 saturated heterocycles. The number of fused-ring (bicyclic) bond motifs is 1. The number of halogens is 2. The van der Waals surface area contributed by atoms with Crippen LogP contribution in [-0.4, -0.2) is 25.3 Å². The number of ether oxygens (including phenoxy) is 2. The van der Waals surface area contributed by atoms with Gasteiger partial charge in [-0.05, 0) is 49.2 Å². The average Bonchev–Trinajstić information content (AvgIpc) is 2.94. The van der Waals surface area contributed by atoms with Gasteiger partial charge in [-0.2, -0.15) is 8.78 Å². The third-order valence-corrected chi connectivity index (χ3v) is 4.35. The van der Waals surface area contributed by atoms with Gasteiger partial charge in [0.15, 0.2) is 11.5 Å². The number of aromatic amines is 1. The molecular weight excluding hydrogens is 338 g/mol. The van der Waals surface area contributed by atoms with Gasteiger partial charge >= 0.3 is 6.61 Å². The van der Waals surface area contributed by atoms with Crippen LogP contribution in [0.1, 0.15) is 16.8 Å². The lowest BCUT2D eigenvalue weighted by Crippen LogP contribution is -2.17. The molecule has 26 heavy (non-hydrogen) atoms. The Balaban J connectivity index is 1.60. The van der Waals surface area contributed by atoms with Gasteiger partial charge in [0, 0.05) is 23.1 Å². The van der Waals surface area contributed by atoms with E-state index in [4.69, 9.17) is 4.74 Å². The maximum absolute atomic E-state index is 12.5. The lowest BCUT2D eigenvalue weighted by atomic mass is 10.1. The maximum atomic E-state index is 12.5. The van der Waals surface area contributed by atoms with Crippen LogP contribution in [0.15, 0.2) is 42.5 Å². The molecule has 0 aliphatic heterocycles. The molecule has 138 valence electrons. The van der Waals surface area contributed by atoms with Crippen molar-refractivity contribution < 1.29 is 18.3 Å². The first-order valence-electron chi connectivity index (χ1n) is 8.47. The molecule has 0 atom stereocenters. The third-order valence-electron chi connectivity index (χ3n) is 4.35. The van der Waals surface area contributed by atoms with Crippen molar-refractivity contribution in [2.75, 3.05) is 13.7 Å². The smallest absolute Gasteiger partial charge is 0.387 e. The highest BCUT2D eigenvalue weighted by Gasteiger charge is 2.11. The van der Waals surface area contributed by atoms with E-state index in [9.17, 15) is 8.78 Å². The van der Waals surface area contributed by atoms with Gasteiger partial charge in [0.05, 0.1) is 7.11 Å². The van der Waals surface area contributed by atoms with E-state index in [0.717, 1.165) is 24.0 Å². The van der Waals surface area contributed by atoms with E-state index in [1.165, 1.54) is 23.8 Å². The molecule has 3 rings (SSSR count). The molecule has 4 nitrogen and oxygen atoms in total. The van der Waals surface area contributed by atoms with Gasteiger partial charge < -0.3 is 19.8 Å². The molecule has 0 amide bonds. The lowest BCUT2D eigenvalue weighted by molar-refractivity contribution is -0.0512. The number of hydrogen-bond donors (Lipinski definition) is 2. The van der Waals surface area contributed by atoms with Gasteiger partial charge in [0.2, 0.25) is 0 Å². The molecule has 1 aromatic heterocycles. The molecule has 1 heterocycles. The number of benzene rings is 2. The summed E-state index contributed by atoms with van der Waals surface area (Å²) in [6.45, 7) is 0.536. The topological polar surface area (TPSA) is 46.3 Å². The Labute approximate surface area is 151 Å². The van der Waals surface area contributed by atoms with Gasteiger partial charge in [0.25, 0.3) is 0 Å². The molecular formula is C20H22F2N2O2. The third kappa shape index (κ3) is 4.14. The summed E-state index contributed by atoms with van der Waals surface area (Å²) in [5, 5.41) is 4.59. The average molecular weight is 360 g/mol. The predicted octanol–water partition coefficient (Wildman–Crippen LogP) is 4.42. The van der Waals surface area contributed by atoms with Crippen LogP contribution in [0.5, 0.6) is 11.5 Å². The Bertz CT molecular complexity index is 877. The fraction of sp³-hybridized carbons (Fsp3) is 0.300. The number of rotatable bonds is 8. The summed E-state index contributed by atoms with van der Waals surface area (Å²) in [4.78, 5) is 3.39. The summed E-state index contributed by atoms with van der Waals surface area (Å²) >= 11 is 0. The molecule has 2 N–H and O–H groups in total. The van der Waals surface area contributed by atoms with Crippen molar-refractivity contribution in [2.24, 2.45) is 0 Å². The van der Waals surface area contributed by atoms with Crippen LogP contribution in [0.2, 0.25) is 0 Å². The maximum Gasteiger partial charge on any atom is 0.387 e. The fourth-order valence-electron chi connectivity index (χ4n) is 3.12. The second-order valence-electron chi connectivity index (χ2n) is 6.06. The van der Waals surface area contributed by atoms with Gasteiger partial charge in [-0.1, -0.05) is 24.3 Å². The van der Waals surface area contributed by atoms with Crippen LogP contribution in [0.3, 0.4) is 0 Å². The molecule has 0 aliphatic carbocycles. The van der Waals surface area contributed by atoms with Crippen LogP contribution in [0, 0.1) is 6.92 Å². The number of aryl methyl sites for hydroxylation is 1. The fourth-order valence-corrected chi connectivity index (χ4v) is 3.12. The molecule has 0 radical (unpaired) electrons. The van der Waals surface area contributed by atoms with Crippen molar-refractivity contribution in [1.29, 1.82) is 0 Å². The van der Waals surface area contributed by atoms with E-state index in [1.807, 2.05) is 18.2 Å². The molecule has 2 aromatic carbocycles. The van der Waals surface area contributed by atoms with Crippen molar-refractivity contribution in [1.82, 2.24) is 10.3 Å². The Morgan fingerprint density at radius 2 is 1.92 bits per heavy atom. The summed E-state index contributed by atoms with van der Waals surface area (Å²) in [6, 6.07) is 13.3. The highest BCUT2D eigenvalue weighted by molar-refractivity contribution is 5.84. The summed E-state index contributed by atoms with van der Waals surface area (Å²) < 4.78 is 34.6. The summed E-state index contributed by atoms with van der Waals surface area (Å²) in [5.41, 5.74) is 4.47. The van der Waals surface area contributed by atoms with Crippen molar-refractivity contribution in [2.45, 2.75) is 26.5 Å². The zero-order valence-electron chi connectivity index (χ0n) is 14.8. The van der Waals surface area contributed by atoms with Crippen LogP contribution in [0.25, 0.3) is 10.9 Å². The standard InChI is InChI=1S/C20H22F2N2O2/c1-13-15(16-5-3-4-6-17(16)24-13)9-10-23-12-14-7-8-18(25-2)19(11-14)26-20(21)22/h3-8,11,20,23-24H,9-10,12H2,1-2H3. The summed E-state index contributed by atoms with van der Waals surface area (Å²) in [7, 11) is 1.43. The number of alkyl halides is 2. The lowest BCUT2D eigenvalue weighted by Gasteiger charge is -2.12. The van der Waals surface area contributed by atoms with E-state index < -0.39 is 6.61 Å². The minimum absolute atomic E-state index is 0.0503. The summed E-state index contributed by atoms with van der Waals surface area (Å²) in [6.07, 6.45) is 0.881. The van der Waals surface area contributed by atoms with Crippen molar-refractivity contribution in [3.05, 3.63) is 59.3 Å². The Hall–Kier alpha value is -2.60. The van der Waals surface area contributed by atoms with Gasteiger partial charge in [-0.15, -0.1) is 0 Å². The molecule has 0 unspecified atom stereocenters. The monoisotopic (exact) mass is 360 g/mol. The second-order valence-corrected chi connectivity index (χ2v) is 6.06. The molecule has 0 spiro atoms. The van der Waals surface area contributed by atoms with Crippen molar-refractivity contribution in [3.63, 3.8) is 0 Å². The van der Waals surface area contributed by atoms with E-state index in [-0.39, 0.29) is 5.75 Å². The first-order chi connectivity index (χ1) is 12.6. The van der Waals surface area contributed by atoms with Gasteiger partial charge in [-0.25, -0.2) is 0 Å². The predicted molar refractivity (Wildman–Crippen MR) is 98.1 cm³/mol. The number of hydrogen-bond acceptors (Lipinski definition) is 3. The first-order valence-corrected chi connectivity index (χ1v) is 8.47. The zero-order valence-corrected chi connectivity index (χ0v) is 14.8. The van der Waals surface area contributed by atoms with E-state index in [0.29, 0.717) is 12.3 Å². The van der Waals surface area contributed by atoms with E-state index >= 15 is 0 Å². The second kappa shape index (κ2) is 8.19. The zero-order chi connectivity index (χ0) is 18.5. The Morgan fingerprint density at radius 3 is 2.69 bits per heavy atom. The molecule has 0 bridgehead atoms. The number of nitrogens with one attached hydrogen (secondary N) is 2.